The first-order valence-corrected chi connectivity index (χ1v) is 8.29. The Hall–Kier alpha value is -2.52. The molecule has 1 nitrogen and oxygen atoms in total. The SMILES string of the molecule is Fc1ccc2nc(C(c3ccccc3)c3ccccc3)sc2c1. The monoisotopic (exact) mass is 319 g/mol. The van der Waals surface area contributed by atoms with E-state index < -0.39 is 0 Å². The smallest absolute Gasteiger partial charge is 0.124 e. The molecule has 0 aliphatic carbocycles. The van der Waals surface area contributed by atoms with Crippen molar-refractivity contribution in [3.8, 4) is 0 Å². The number of halogens is 1. The highest BCUT2D eigenvalue weighted by atomic mass is 32.1. The van der Waals surface area contributed by atoms with Crippen LogP contribution in [0.1, 0.15) is 22.1 Å². The lowest BCUT2D eigenvalue weighted by Crippen LogP contribution is -2.02. The van der Waals surface area contributed by atoms with Crippen molar-refractivity contribution in [2.24, 2.45) is 0 Å². The minimum atomic E-state index is -0.219. The molecule has 1 aromatic heterocycles. The molecule has 0 unspecified atom stereocenters. The van der Waals surface area contributed by atoms with Crippen LogP contribution in [0, 0.1) is 5.82 Å². The summed E-state index contributed by atoms with van der Waals surface area (Å²) in [7, 11) is 0. The minimum Gasteiger partial charge on any atom is -0.240 e. The Morgan fingerprint density at radius 3 is 2.00 bits per heavy atom. The van der Waals surface area contributed by atoms with Crippen LogP contribution < -0.4 is 0 Å². The normalized spacial score (nSPS) is 11.2. The Bertz CT molecular complexity index is 892. The van der Waals surface area contributed by atoms with E-state index in [0.717, 1.165) is 15.2 Å². The summed E-state index contributed by atoms with van der Waals surface area (Å²) in [4.78, 5) is 4.76. The van der Waals surface area contributed by atoms with Gasteiger partial charge in [-0.1, -0.05) is 60.7 Å². The number of benzene rings is 3. The Labute approximate surface area is 138 Å². The van der Waals surface area contributed by atoms with E-state index in [9.17, 15) is 4.39 Å². The van der Waals surface area contributed by atoms with Crippen LogP contribution in [0.5, 0.6) is 0 Å². The van der Waals surface area contributed by atoms with Gasteiger partial charge in [-0.25, -0.2) is 9.37 Å². The summed E-state index contributed by atoms with van der Waals surface area (Å²) in [6, 6.07) is 25.4. The number of thiazole rings is 1. The molecule has 112 valence electrons. The topological polar surface area (TPSA) is 12.9 Å². The van der Waals surface area contributed by atoms with Crippen molar-refractivity contribution in [3.05, 3.63) is 101 Å². The van der Waals surface area contributed by atoms with Gasteiger partial charge in [-0.3, -0.25) is 0 Å². The van der Waals surface area contributed by atoms with E-state index in [0.29, 0.717) is 0 Å². The second kappa shape index (κ2) is 5.94. The molecule has 0 spiro atoms. The molecule has 0 aliphatic heterocycles. The van der Waals surface area contributed by atoms with Crippen LogP contribution in [0.25, 0.3) is 10.2 Å². The van der Waals surface area contributed by atoms with Gasteiger partial charge in [0.15, 0.2) is 0 Å². The van der Waals surface area contributed by atoms with Crippen LogP contribution in [0.4, 0.5) is 4.39 Å². The van der Waals surface area contributed by atoms with Gasteiger partial charge in [0.2, 0.25) is 0 Å². The summed E-state index contributed by atoms with van der Waals surface area (Å²) in [5.74, 6) is -0.151. The number of nitrogens with zero attached hydrogens (tertiary/aromatic N) is 1. The van der Waals surface area contributed by atoms with E-state index >= 15 is 0 Å². The van der Waals surface area contributed by atoms with Crippen molar-refractivity contribution in [3.63, 3.8) is 0 Å². The molecule has 0 N–H and O–H groups in total. The lowest BCUT2D eigenvalue weighted by molar-refractivity contribution is 0.630. The van der Waals surface area contributed by atoms with Gasteiger partial charge in [-0.15, -0.1) is 11.3 Å². The third-order valence-electron chi connectivity index (χ3n) is 3.88. The highest BCUT2D eigenvalue weighted by molar-refractivity contribution is 7.18. The van der Waals surface area contributed by atoms with E-state index in [2.05, 4.69) is 24.3 Å². The number of aromatic nitrogens is 1. The van der Waals surface area contributed by atoms with E-state index in [-0.39, 0.29) is 11.7 Å². The van der Waals surface area contributed by atoms with E-state index in [1.54, 1.807) is 23.5 Å². The van der Waals surface area contributed by atoms with Gasteiger partial charge in [0.1, 0.15) is 10.8 Å². The van der Waals surface area contributed by atoms with Gasteiger partial charge in [0, 0.05) is 0 Å². The summed E-state index contributed by atoms with van der Waals surface area (Å²) in [5.41, 5.74) is 3.24. The minimum absolute atomic E-state index is 0.0675. The molecule has 0 aliphatic rings. The van der Waals surface area contributed by atoms with Crippen molar-refractivity contribution < 1.29 is 4.39 Å². The third kappa shape index (κ3) is 2.76. The quantitative estimate of drug-likeness (QED) is 0.478. The molecule has 23 heavy (non-hydrogen) atoms. The zero-order chi connectivity index (χ0) is 15.6. The Morgan fingerprint density at radius 1 is 0.783 bits per heavy atom. The molecular weight excluding hydrogens is 305 g/mol. The van der Waals surface area contributed by atoms with Crippen molar-refractivity contribution >= 4 is 21.6 Å². The molecule has 4 rings (SSSR count). The van der Waals surface area contributed by atoms with E-state index in [1.165, 1.54) is 17.2 Å². The molecule has 0 saturated carbocycles. The Kier molecular flexibility index (Phi) is 3.64. The standard InChI is InChI=1S/C20H14FNS/c21-16-11-12-17-18(13-16)23-20(22-17)19(14-7-3-1-4-8-14)15-9-5-2-6-10-15/h1-13,19H. The van der Waals surface area contributed by atoms with Crippen LogP contribution in [0.15, 0.2) is 78.9 Å². The lowest BCUT2D eigenvalue weighted by atomic mass is 9.92. The zero-order valence-electron chi connectivity index (χ0n) is 12.3. The molecule has 3 aromatic carbocycles. The van der Waals surface area contributed by atoms with E-state index in [4.69, 9.17) is 4.98 Å². The van der Waals surface area contributed by atoms with Gasteiger partial charge in [-0.05, 0) is 29.3 Å². The molecular formula is C20H14FNS. The van der Waals surface area contributed by atoms with Crippen LogP contribution in [0.2, 0.25) is 0 Å². The van der Waals surface area contributed by atoms with Crippen molar-refractivity contribution in [2.45, 2.75) is 5.92 Å². The summed E-state index contributed by atoms with van der Waals surface area (Å²) in [6.45, 7) is 0. The van der Waals surface area contributed by atoms with E-state index in [1.807, 2.05) is 36.4 Å². The second-order valence-corrected chi connectivity index (χ2v) is 6.48. The molecule has 0 saturated heterocycles. The fraction of sp³-hybridized carbons (Fsp3) is 0.0500. The maximum absolute atomic E-state index is 13.5. The Morgan fingerprint density at radius 2 is 1.39 bits per heavy atom. The maximum atomic E-state index is 13.5. The molecule has 3 heteroatoms. The van der Waals surface area contributed by atoms with Crippen LogP contribution >= 0.6 is 11.3 Å². The predicted octanol–water partition coefficient (Wildman–Crippen LogP) is 5.62. The first-order valence-electron chi connectivity index (χ1n) is 7.47. The van der Waals surface area contributed by atoms with Crippen molar-refractivity contribution in [1.82, 2.24) is 4.98 Å². The molecule has 0 radical (unpaired) electrons. The van der Waals surface area contributed by atoms with Gasteiger partial charge in [-0.2, -0.15) is 0 Å². The van der Waals surface area contributed by atoms with Gasteiger partial charge >= 0.3 is 0 Å². The molecule has 1 heterocycles. The van der Waals surface area contributed by atoms with Crippen molar-refractivity contribution in [1.29, 1.82) is 0 Å². The lowest BCUT2D eigenvalue weighted by Gasteiger charge is -2.15. The van der Waals surface area contributed by atoms with Crippen LogP contribution in [0.3, 0.4) is 0 Å². The van der Waals surface area contributed by atoms with Crippen LogP contribution in [-0.4, -0.2) is 4.98 Å². The number of hydrogen-bond acceptors (Lipinski definition) is 2. The Balaban J connectivity index is 1.90. The average Bonchev–Trinajstić information content (AvgIpc) is 2.99. The summed E-state index contributed by atoms with van der Waals surface area (Å²) in [5, 5.41) is 0.989. The molecule has 0 fully saturated rings. The summed E-state index contributed by atoms with van der Waals surface area (Å²) < 4.78 is 14.4. The fourth-order valence-electron chi connectivity index (χ4n) is 2.81. The number of fused-ring (bicyclic) bond motifs is 1. The molecule has 4 aromatic rings. The summed E-state index contributed by atoms with van der Waals surface area (Å²) in [6.07, 6.45) is 0. The number of rotatable bonds is 3. The molecule has 0 bridgehead atoms. The number of hydrogen-bond donors (Lipinski definition) is 0. The second-order valence-electron chi connectivity index (χ2n) is 5.42. The molecule has 0 amide bonds. The van der Waals surface area contributed by atoms with Gasteiger partial charge < -0.3 is 0 Å². The maximum Gasteiger partial charge on any atom is 0.124 e. The highest BCUT2D eigenvalue weighted by Gasteiger charge is 2.20. The van der Waals surface area contributed by atoms with Crippen molar-refractivity contribution in [2.75, 3.05) is 0 Å². The van der Waals surface area contributed by atoms with Gasteiger partial charge in [0.25, 0.3) is 0 Å². The highest BCUT2D eigenvalue weighted by Crippen LogP contribution is 2.36. The average molecular weight is 319 g/mol. The first-order chi connectivity index (χ1) is 11.3. The van der Waals surface area contributed by atoms with Crippen LogP contribution in [-0.2, 0) is 0 Å². The third-order valence-corrected chi connectivity index (χ3v) is 4.96. The largest absolute Gasteiger partial charge is 0.240 e. The fourth-order valence-corrected chi connectivity index (χ4v) is 3.96. The summed E-state index contributed by atoms with van der Waals surface area (Å²) >= 11 is 1.56. The first kappa shape index (κ1) is 14.1. The van der Waals surface area contributed by atoms with Gasteiger partial charge in [0.05, 0.1) is 16.1 Å². The zero-order valence-corrected chi connectivity index (χ0v) is 13.1. The molecule has 0 atom stereocenters. The predicted molar refractivity (Wildman–Crippen MR) is 93.4 cm³/mol.